The maximum absolute atomic E-state index is 13.2. The van der Waals surface area contributed by atoms with Crippen molar-refractivity contribution >= 4 is 115 Å². The number of hydrogen-bond donors (Lipinski definition) is 1. The lowest BCUT2D eigenvalue weighted by Crippen LogP contribution is -2.54. The van der Waals surface area contributed by atoms with Crippen molar-refractivity contribution in [3.63, 3.8) is 0 Å². The van der Waals surface area contributed by atoms with E-state index in [0.717, 1.165) is 4.90 Å². The van der Waals surface area contributed by atoms with E-state index in [-0.39, 0.29) is 33.0 Å². The van der Waals surface area contributed by atoms with Crippen LogP contribution in [0.1, 0.15) is 5.56 Å². The van der Waals surface area contributed by atoms with Crippen LogP contribution < -0.4 is 15.0 Å². The standard InChI is InChI=1S/C20H12Cl2I2N2O5S/c1-30-15(27)8-31-17-12(23)6-9(7-13(17)24)5-10-18(28)25-20(32)26(19(10)29)14-4-2-3-11(21)16(14)22/h2-7H,8H2,1H3,(H,25,28,32)/b10-5+. The number of anilines is 1. The van der Waals surface area contributed by atoms with Gasteiger partial charge in [0, 0.05) is 0 Å². The molecule has 12 heteroatoms. The Kier molecular flexibility index (Phi) is 8.36. The highest BCUT2D eigenvalue weighted by Crippen LogP contribution is 2.35. The first-order valence-electron chi connectivity index (χ1n) is 8.68. The molecule has 2 aromatic carbocycles. The second kappa shape index (κ2) is 10.6. The number of hydrogen-bond acceptors (Lipinski definition) is 6. The smallest absolute Gasteiger partial charge is 0.343 e. The molecule has 1 N–H and O–H groups in total. The van der Waals surface area contributed by atoms with Crippen LogP contribution >= 0.6 is 80.6 Å². The molecular formula is C20H12Cl2I2N2O5S. The molecule has 2 amide bonds. The van der Waals surface area contributed by atoms with Crippen molar-refractivity contribution in [1.29, 1.82) is 0 Å². The van der Waals surface area contributed by atoms with Crippen molar-refractivity contribution in [2.24, 2.45) is 0 Å². The Labute approximate surface area is 225 Å². The molecule has 3 rings (SSSR count). The largest absolute Gasteiger partial charge is 0.480 e. The highest BCUT2D eigenvalue weighted by atomic mass is 127. The predicted molar refractivity (Wildman–Crippen MR) is 142 cm³/mol. The predicted octanol–water partition coefficient (Wildman–Crippen LogP) is 4.59. The van der Waals surface area contributed by atoms with E-state index in [4.69, 9.17) is 40.2 Å². The highest BCUT2D eigenvalue weighted by Gasteiger charge is 2.35. The minimum Gasteiger partial charge on any atom is -0.480 e. The molecule has 1 aliphatic heterocycles. The highest BCUT2D eigenvalue weighted by molar-refractivity contribution is 14.1. The second-order valence-corrected chi connectivity index (χ2v) is 9.71. The number of benzene rings is 2. The third-order valence-electron chi connectivity index (χ3n) is 4.17. The molecule has 0 atom stereocenters. The van der Waals surface area contributed by atoms with Gasteiger partial charge in [-0.05, 0) is 93.3 Å². The van der Waals surface area contributed by atoms with Gasteiger partial charge in [-0.1, -0.05) is 29.3 Å². The van der Waals surface area contributed by atoms with E-state index >= 15 is 0 Å². The van der Waals surface area contributed by atoms with Gasteiger partial charge in [-0.2, -0.15) is 0 Å². The Hall–Kier alpha value is -1.48. The van der Waals surface area contributed by atoms with Gasteiger partial charge in [0.15, 0.2) is 11.7 Å². The summed E-state index contributed by atoms with van der Waals surface area (Å²) in [7, 11) is 1.27. The van der Waals surface area contributed by atoms with E-state index in [2.05, 4.69) is 10.1 Å². The number of carbonyl (C=O) groups excluding carboxylic acids is 3. The van der Waals surface area contributed by atoms with E-state index in [9.17, 15) is 14.4 Å². The van der Waals surface area contributed by atoms with Crippen LogP contribution in [0.25, 0.3) is 6.08 Å². The maximum Gasteiger partial charge on any atom is 0.343 e. The van der Waals surface area contributed by atoms with E-state index < -0.39 is 17.8 Å². The third-order valence-corrected chi connectivity index (χ3v) is 6.86. The van der Waals surface area contributed by atoms with Crippen molar-refractivity contribution in [1.82, 2.24) is 5.32 Å². The van der Waals surface area contributed by atoms with Crippen LogP contribution in [0.3, 0.4) is 0 Å². The monoisotopic (exact) mass is 716 g/mol. The number of carbonyl (C=O) groups is 3. The SMILES string of the molecule is COC(=O)COc1c(I)cc(/C=C2\C(=O)NC(=S)N(c3cccc(Cl)c3Cl)C2=O)cc1I. The van der Waals surface area contributed by atoms with Gasteiger partial charge in [-0.25, -0.2) is 4.79 Å². The summed E-state index contributed by atoms with van der Waals surface area (Å²) in [5.74, 6) is -1.29. The quantitative estimate of drug-likeness (QED) is 0.160. The summed E-state index contributed by atoms with van der Waals surface area (Å²) in [5.41, 5.74) is 0.702. The third kappa shape index (κ3) is 5.35. The van der Waals surface area contributed by atoms with Gasteiger partial charge in [0.25, 0.3) is 11.8 Å². The van der Waals surface area contributed by atoms with Crippen LogP contribution in [-0.4, -0.2) is 36.6 Å². The summed E-state index contributed by atoms with van der Waals surface area (Å²) in [5, 5.41) is 2.78. The number of rotatable bonds is 5. The van der Waals surface area contributed by atoms with Crippen LogP contribution in [0.5, 0.6) is 5.75 Å². The summed E-state index contributed by atoms with van der Waals surface area (Å²) in [6.45, 7) is -0.239. The molecule has 32 heavy (non-hydrogen) atoms. The number of ether oxygens (including phenoxy) is 2. The number of methoxy groups -OCH3 is 1. The van der Waals surface area contributed by atoms with Crippen LogP contribution in [0.2, 0.25) is 10.0 Å². The minimum absolute atomic E-state index is 0.1000. The fraction of sp³-hybridized carbons (Fsp3) is 0.100. The zero-order chi connectivity index (χ0) is 23.6. The summed E-state index contributed by atoms with van der Waals surface area (Å²) < 4.78 is 11.4. The molecule has 0 aliphatic carbocycles. The molecule has 0 aromatic heterocycles. The summed E-state index contributed by atoms with van der Waals surface area (Å²) in [4.78, 5) is 38.2. The van der Waals surface area contributed by atoms with Crippen LogP contribution in [-0.2, 0) is 19.1 Å². The first-order chi connectivity index (χ1) is 15.1. The van der Waals surface area contributed by atoms with E-state index in [1.165, 1.54) is 13.2 Å². The molecule has 1 saturated heterocycles. The van der Waals surface area contributed by atoms with E-state index in [0.29, 0.717) is 18.5 Å². The number of thiocarbonyl (C=S) groups is 1. The number of amides is 2. The summed E-state index contributed by atoms with van der Waals surface area (Å²) >= 11 is 21.6. The van der Waals surface area contributed by atoms with Crippen molar-refractivity contribution in [3.05, 3.63) is 58.7 Å². The summed E-state index contributed by atoms with van der Waals surface area (Å²) in [6.07, 6.45) is 1.44. The van der Waals surface area contributed by atoms with Gasteiger partial charge in [0.1, 0.15) is 11.3 Å². The van der Waals surface area contributed by atoms with E-state index in [1.54, 1.807) is 30.3 Å². The topological polar surface area (TPSA) is 84.9 Å². The molecule has 166 valence electrons. The lowest BCUT2D eigenvalue weighted by molar-refractivity contribution is -0.143. The van der Waals surface area contributed by atoms with E-state index in [1.807, 2.05) is 45.2 Å². The molecule has 0 unspecified atom stereocenters. The Morgan fingerprint density at radius 2 is 1.88 bits per heavy atom. The van der Waals surface area contributed by atoms with Crippen molar-refractivity contribution in [3.8, 4) is 5.75 Å². The molecule has 2 aromatic rings. The molecule has 7 nitrogen and oxygen atoms in total. The van der Waals surface area contributed by atoms with Crippen LogP contribution in [0.15, 0.2) is 35.9 Å². The Morgan fingerprint density at radius 1 is 1.22 bits per heavy atom. The zero-order valence-corrected chi connectivity index (χ0v) is 22.7. The van der Waals surface area contributed by atoms with Gasteiger partial charge in [0.05, 0.1) is 30.0 Å². The number of esters is 1. The Bertz CT molecular complexity index is 1170. The average molecular weight is 717 g/mol. The van der Waals surface area contributed by atoms with Crippen molar-refractivity contribution in [2.75, 3.05) is 18.6 Å². The number of halogens is 4. The van der Waals surface area contributed by atoms with Gasteiger partial charge >= 0.3 is 5.97 Å². The van der Waals surface area contributed by atoms with Crippen LogP contribution in [0.4, 0.5) is 5.69 Å². The maximum atomic E-state index is 13.2. The molecule has 0 spiro atoms. The molecule has 1 aliphatic rings. The molecule has 0 bridgehead atoms. The fourth-order valence-electron chi connectivity index (χ4n) is 2.70. The number of nitrogens with zero attached hydrogens (tertiary/aromatic N) is 1. The average Bonchev–Trinajstić information content (AvgIpc) is 2.73. The second-order valence-electron chi connectivity index (χ2n) is 6.21. The minimum atomic E-state index is -0.640. The Morgan fingerprint density at radius 3 is 2.50 bits per heavy atom. The van der Waals surface area contributed by atoms with Gasteiger partial charge in [-0.15, -0.1) is 0 Å². The Balaban J connectivity index is 1.97. The zero-order valence-electron chi connectivity index (χ0n) is 16.1. The lowest BCUT2D eigenvalue weighted by atomic mass is 10.1. The first kappa shape index (κ1) is 25.1. The lowest BCUT2D eigenvalue weighted by Gasteiger charge is -2.29. The molecule has 1 heterocycles. The van der Waals surface area contributed by atoms with Gasteiger partial charge < -0.3 is 9.47 Å². The van der Waals surface area contributed by atoms with Gasteiger partial charge in [-0.3, -0.25) is 19.8 Å². The number of nitrogens with one attached hydrogen (secondary N) is 1. The van der Waals surface area contributed by atoms with Crippen molar-refractivity contribution in [2.45, 2.75) is 0 Å². The summed E-state index contributed by atoms with van der Waals surface area (Å²) in [6, 6.07) is 8.21. The fourth-order valence-corrected chi connectivity index (χ4v) is 5.48. The molecule has 1 fully saturated rings. The molecule has 0 radical (unpaired) electrons. The molecular weight excluding hydrogens is 705 g/mol. The normalized spacial score (nSPS) is 15.1. The molecule has 0 saturated carbocycles. The van der Waals surface area contributed by atoms with Crippen LogP contribution in [0, 0.1) is 7.14 Å². The first-order valence-corrected chi connectivity index (χ1v) is 12.0. The van der Waals surface area contributed by atoms with Crippen molar-refractivity contribution < 1.29 is 23.9 Å². The van der Waals surface area contributed by atoms with Gasteiger partial charge in [0.2, 0.25) is 0 Å².